The average molecular weight is 275 g/mol. The van der Waals surface area contributed by atoms with E-state index in [9.17, 15) is 9.90 Å². The molecule has 2 rings (SSSR count). The molecule has 5 nitrogen and oxygen atoms in total. The number of nitrogens with zero attached hydrogens (tertiary/aromatic N) is 1. The standard InChI is InChI=1S/C15H17NO4/c1-19-14-10-11(5-6-13(14)17)9-12(15(18)20-2)16-7-3-4-8-16/h3-8,10,12,17H,9H2,1-2H3. The summed E-state index contributed by atoms with van der Waals surface area (Å²) in [6, 6.07) is 8.30. The maximum atomic E-state index is 11.9. The summed E-state index contributed by atoms with van der Waals surface area (Å²) in [6.45, 7) is 0. The Morgan fingerprint density at radius 2 is 2.00 bits per heavy atom. The van der Waals surface area contributed by atoms with E-state index < -0.39 is 6.04 Å². The van der Waals surface area contributed by atoms with Crippen molar-refractivity contribution in [2.24, 2.45) is 0 Å². The number of ether oxygens (including phenoxy) is 2. The highest BCUT2D eigenvalue weighted by molar-refractivity contribution is 5.74. The third kappa shape index (κ3) is 2.93. The Morgan fingerprint density at radius 3 is 2.60 bits per heavy atom. The summed E-state index contributed by atoms with van der Waals surface area (Å²) in [5.74, 6) is 0.152. The molecule has 20 heavy (non-hydrogen) atoms. The lowest BCUT2D eigenvalue weighted by Crippen LogP contribution is -2.22. The highest BCUT2D eigenvalue weighted by Crippen LogP contribution is 2.28. The molecule has 0 spiro atoms. The van der Waals surface area contributed by atoms with Crippen molar-refractivity contribution in [2.45, 2.75) is 12.5 Å². The Labute approximate surface area is 117 Å². The van der Waals surface area contributed by atoms with Crippen molar-refractivity contribution >= 4 is 5.97 Å². The lowest BCUT2D eigenvalue weighted by Gasteiger charge is -2.17. The van der Waals surface area contributed by atoms with Crippen LogP contribution in [0.3, 0.4) is 0 Å². The molecule has 0 amide bonds. The van der Waals surface area contributed by atoms with Gasteiger partial charge in [-0.1, -0.05) is 6.07 Å². The Hall–Kier alpha value is -2.43. The molecule has 2 aromatic rings. The van der Waals surface area contributed by atoms with Gasteiger partial charge in [0.15, 0.2) is 11.5 Å². The van der Waals surface area contributed by atoms with Crippen LogP contribution in [0.15, 0.2) is 42.7 Å². The highest BCUT2D eigenvalue weighted by Gasteiger charge is 2.21. The molecule has 1 atom stereocenters. The molecule has 0 aliphatic heterocycles. The van der Waals surface area contributed by atoms with Gasteiger partial charge in [-0.25, -0.2) is 4.79 Å². The largest absolute Gasteiger partial charge is 0.504 e. The second-order valence-electron chi connectivity index (χ2n) is 4.38. The predicted octanol–water partition coefficient (Wildman–Crippen LogP) is 2.16. The fourth-order valence-corrected chi connectivity index (χ4v) is 2.07. The number of phenolic OH excluding ortho intramolecular Hbond substituents is 1. The van der Waals surface area contributed by atoms with E-state index in [2.05, 4.69) is 0 Å². The van der Waals surface area contributed by atoms with Gasteiger partial charge in [-0.3, -0.25) is 0 Å². The van der Waals surface area contributed by atoms with E-state index in [1.807, 2.05) is 24.5 Å². The SMILES string of the molecule is COC(=O)C(Cc1ccc(O)c(OC)c1)n1cccc1. The minimum Gasteiger partial charge on any atom is -0.504 e. The van der Waals surface area contributed by atoms with Crippen molar-refractivity contribution in [3.8, 4) is 11.5 Å². The van der Waals surface area contributed by atoms with Crippen molar-refractivity contribution in [3.05, 3.63) is 48.3 Å². The number of carbonyl (C=O) groups is 1. The fourth-order valence-electron chi connectivity index (χ4n) is 2.07. The second-order valence-corrected chi connectivity index (χ2v) is 4.38. The number of carbonyl (C=O) groups excluding carboxylic acids is 1. The maximum absolute atomic E-state index is 11.9. The van der Waals surface area contributed by atoms with E-state index in [-0.39, 0.29) is 11.7 Å². The lowest BCUT2D eigenvalue weighted by molar-refractivity contribution is -0.144. The lowest BCUT2D eigenvalue weighted by atomic mass is 10.1. The first kappa shape index (κ1) is 14.0. The van der Waals surface area contributed by atoms with Crippen molar-refractivity contribution < 1.29 is 19.4 Å². The second kappa shape index (κ2) is 6.14. The van der Waals surface area contributed by atoms with E-state index in [0.29, 0.717) is 12.2 Å². The molecule has 0 fully saturated rings. The van der Waals surface area contributed by atoms with Crippen LogP contribution in [0, 0.1) is 0 Å². The fraction of sp³-hybridized carbons (Fsp3) is 0.267. The monoisotopic (exact) mass is 275 g/mol. The van der Waals surface area contributed by atoms with Gasteiger partial charge in [0.1, 0.15) is 6.04 Å². The molecular formula is C15H17NO4. The summed E-state index contributed by atoms with van der Waals surface area (Å²) in [7, 11) is 2.86. The summed E-state index contributed by atoms with van der Waals surface area (Å²) in [5, 5.41) is 9.59. The summed E-state index contributed by atoms with van der Waals surface area (Å²) in [5.41, 5.74) is 0.878. The number of methoxy groups -OCH3 is 2. The van der Waals surface area contributed by atoms with E-state index in [0.717, 1.165) is 5.56 Å². The number of aromatic hydroxyl groups is 1. The Morgan fingerprint density at radius 1 is 1.30 bits per heavy atom. The molecule has 1 unspecified atom stereocenters. The van der Waals surface area contributed by atoms with Crippen molar-refractivity contribution in [3.63, 3.8) is 0 Å². The number of benzene rings is 1. The number of hydrogen-bond acceptors (Lipinski definition) is 4. The van der Waals surface area contributed by atoms with Crippen molar-refractivity contribution in [2.75, 3.05) is 14.2 Å². The van der Waals surface area contributed by atoms with E-state index in [1.165, 1.54) is 14.2 Å². The van der Waals surface area contributed by atoms with Crippen molar-refractivity contribution in [1.29, 1.82) is 0 Å². The third-order valence-corrected chi connectivity index (χ3v) is 3.13. The first-order valence-corrected chi connectivity index (χ1v) is 6.22. The number of rotatable bonds is 5. The molecule has 0 saturated heterocycles. The molecule has 0 aliphatic rings. The van der Waals surface area contributed by atoms with Crippen LogP contribution in [-0.4, -0.2) is 29.9 Å². The predicted molar refractivity (Wildman–Crippen MR) is 73.8 cm³/mol. The number of hydrogen-bond donors (Lipinski definition) is 1. The zero-order chi connectivity index (χ0) is 14.5. The van der Waals surface area contributed by atoms with Gasteiger partial charge in [0.05, 0.1) is 14.2 Å². The smallest absolute Gasteiger partial charge is 0.329 e. The maximum Gasteiger partial charge on any atom is 0.329 e. The van der Waals surface area contributed by atoms with E-state index >= 15 is 0 Å². The molecule has 106 valence electrons. The summed E-state index contributed by atoms with van der Waals surface area (Å²) >= 11 is 0. The van der Waals surface area contributed by atoms with Gasteiger partial charge in [0.25, 0.3) is 0 Å². The Bertz CT molecular complexity index is 578. The molecule has 1 heterocycles. The molecule has 0 aliphatic carbocycles. The van der Waals surface area contributed by atoms with Gasteiger partial charge in [0, 0.05) is 18.8 Å². The summed E-state index contributed by atoms with van der Waals surface area (Å²) < 4.78 is 11.7. The average Bonchev–Trinajstić information content (AvgIpc) is 2.99. The molecular weight excluding hydrogens is 258 g/mol. The Balaban J connectivity index is 2.26. The first-order valence-electron chi connectivity index (χ1n) is 6.22. The van der Waals surface area contributed by atoms with Gasteiger partial charge in [-0.15, -0.1) is 0 Å². The number of phenols is 1. The zero-order valence-corrected chi connectivity index (χ0v) is 11.4. The molecule has 0 saturated carbocycles. The topological polar surface area (TPSA) is 60.7 Å². The minimum atomic E-state index is -0.441. The zero-order valence-electron chi connectivity index (χ0n) is 11.4. The highest BCUT2D eigenvalue weighted by atomic mass is 16.5. The van der Waals surface area contributed by atoms with Crippen LogP contribution in [0.25, 0.3) is 0 Å². The van der Waals surface area contributed by atoms with E-state index in [4.69, 9.17) is 9.47 Å². The minimum absolute atomic E-state index is 0.0758. The van der Waals surface area contributed by atoms with Crippen LogP contribution in [0.1, 0.15) is 11.6 Å². The van der Waals surface area contributed by atoms with Crippen LogP contribution < -0.4 is 4.74 Å². The summed E-state index contributed by atoms with van der Waals surface area (Å²) in [6.07, 6.45) is 4.09. The molecule has 1 aromatic carbocycles. The van der Waals surface area contributed by atoms with Gasteiger partial charge in [-0.05, 0) is 29.8 Å². The van der Waals surface area contributed by atoms with Crippen LogP contribution >= 0.6 is 0 Å². The third-order valence-electron chi connectivity index (χ3n) is 3.13. The quantitative estimate of drug-likeness (QED) is 0.849. The Kier molecular flexibility index (Phi) is 4.30. The molecule has 0 bridgehead atoms. The number of aromatic nitrogens is 1. The normalized spacial score (nSPS) is 11.9. The summed E-state index contributed by atoms with van der Waals surface area (Å²) in [4.78, 5) is 11.9. The molecule has 0 radical (unpaired) electrons. The molecule has 5 heteroatoms. The molecule has 1 N–H and O–H groups in total. The van der Waals surface area contributed by atoms with Crippen molar-refractivity contribution in [1.82, 2.24) is 4.57 Å². The van der Waals surface area contributed by atoms with Crippen LogP contribution in [0.2, 0.25) is 0 Å². The van der Waals surface area contributed by atoms with Gasteiger partial charge in [-0.2, -0.15) is 0 Å². The van der Waals surface area contributed by atoms with Crippen LogP contribution in [0.4, 0.5) is 0 Å². The molecule has 1 aromatic heterocycles. The first-order chi connectivity index (χ1) is 9.65. The van der Waals surface area contributed by atoms with E-state index in [1.54, 1.807) is 22.8 Å². The van der Waals surface area contributed by atoms with Gasteiger partial charge in [0.2, 0.25) is 0 Å². The number of esters is 1. The van der Waals surface area contributed by atoms with Crippen LogP contribution in [-0.2, 0) is 16.0 Å². The van der Waals surface area contributed by atoms with Gasteiger partial charge >= 0.3 is 5.97 Å². The van der Waals surface area contributed by atoms with Crippen LogP contribution in [0.5, 0.6) is 11.5 Å². The van der Waals surface area contributed by atoms with Gasteiger partial charge < -0.3 is 19.1 Å².